The maximum absolute atomic E-state index is 12.3. The summed E-state index contributed by atoms with van der Waals surface area (Å²) in [4.78, 5) is 12.7. The van der Waals surface area contributed by atoms with Gasteiger partial charge in [0.2, 0.25) is 0 Å². The van der Waals surface area contributed by atoms with Crippen LogP contribution in [0.3, 0.4) is 0 Å². The smallest absolute Gasteiger partial charge is 0.269 e. The van der Waals surface area contributed by atoms with Gasteiger partial charge in [0.1, 0.15) is 0 Å². The van der Waals surface area contributed by atoms with Gasteiger partial charge in [-0.05, 0) is 30.4 Å². The van der Waals surface area contributed by atoms with Crippen molar-refractivity contribution in [3.05, 3.63) is 64.5 Å². The second-order valence-electron chi connectivity index (χ2n) is 4.30. The van der Waals surface area contributed by atoms with Gasteiger partial charge in [0.15, 0.2) is 11.4 Å². The molecule has 2 aromatic carbocycles. The van der Waals surface area contributed by atoms with Crippen LogP contribution in [0.15, 0.2) is 52.9 Å². The third kappa shape index (κ3) is 2.00. The van der Waals surface area contributed by atoms with E-state index in [1.165, 1.54) is 0 Å². The average molecular weight is 269 g/mol. The molecule has 0 saturated heterocycles. The Labute approximate surface area is 115 Å². The van der Waals surface area contributed by atoms with Crippen LogP contribution in [0.4, 0.5) is 0 Å². The van der Waals surface area contributed by atoms with Gasteiger partial charge in [0, 0.05) is 18.2 Å². The van der Waals surface area contributed by atoms with E-state index in [2.05, 4.69) is 0 Å². The highest BCUT2D eigenvalue weighted by Crippen LogP contribution is 2.20. The quantitative estimate of drug-likeness (QED) is 0.525. The number of benzene rings is 2. The molecule has 3 rings (SSSR count). The molecule has 4 heteroatoms. The van der Waals surface area contributed by atoms with Gasteiger partial charge < -0.3 is 8.98 Å². The summed E-state index contributed by atoms with van der Waals surface area (Å²) in [7, 11) is 1.84. The summed E-state index contributed by atoms with van der Waals surface area (Å²) in [5.41, 5.74) is 2.78. The lowest BCUT2D eigenvalue weighted by molar-refractivity contribution is 0.103. The van der Waals surface area contributed by atoms with E-state index in [0.29, 0.717) is 21.5 Å². The van der Waals surface area contributed by atoms with E-state index < -0.39 is 0 Å². The van der Waals surface area contributed by atoms with Crippen molar-refractivity contribution in [2.45, 2.75) is 0 Å². The average Bonchev–Trinajstić information content (AvgIpc) is 2.74. The number of carbonyl (C=O) groups is 1. The van der Waals surface area contributed by atoms with Crippen LogP contribution in [0.5, 0.6) is 0 Å². The zero-order valence-electron chi connectivity index (χ0n) is 10.3. The molecule has 3 aromatic rings. The zero-order chi connectivity index (χ0) is 13.4. The molecule has 3 nitrogen and oxygen atoms in total. The Hall–Kier alpha value is -2.20. The van der Waals surface area contributed by atoms with Crippen molar-refractivity contribution in [3.63, 3.8) is 0 Å². The Kier molecular flexibility index (Phi) is 2.80. The second kappa shape index (κ2) is 4.48. The molecule has 1 aromatic heterocycles. The first-order valence-corrected chi connectivity index (χ1v) is 6.27. The number of nitrogens with zero attached hydrogens (tertiary/aromatic N) is 1. The van der Waals surface area contributed by atoms with E-state index in [9.17, 15) is 4.79 Å². The topological polar surface area (TPSA) is 35.1 Å². The van der Waals surface area contributed by atoms with Crippen molar-refractivity contribution in [1.82, 2.24) is 4.57 Å². The maximum Gasteiger partial charge on any atom is 0.269 e. The highest BCUT2D eigenvalue weighted by atomic mass is 32.1. The fourth-order valence-electron chi connectivity index (χ4n) is 2.03. The van der Waals surface area contributed by atoms with Gasteiger partial charge >= 0.3 is 0 Å². The van der Waals surface area contributed by atoms with Crippen LogP contribution in [-0.4, -0.2) is 10.4 Å². The molecule has 0 spiro atoms. The van der Waals surface area contributed by atoms with E-state index in [-0.39, 0.29) is 5.78 Å². The minimum Gasteiger partial charge on any atom is -0.429 e. The van der Waals surface area contributed by atoms with Crippen molar-refractivity contribution in [2.75, 3.05) is 0 Å². The molecular formula is C15H11NO2S. The molecule has 0 N–H and O–H groups in total. The Bertz CT molecular complexity index is 815. The van der Waals surface area contributed by atoms with Crippen molar-refractivity contribution < 1.29 is 9.21 Å². The molecule has 0 fully saturated rings. The van der Waals surface area contributed by atoms with E-state index in [1.807, 2.05) is 31.3 Å². The van der Waals surface area contributed by atoms with Crippen LogP contribution in [0.2, 0.25) is 0 Å². The molecule has 0 atom stereocenters. The van der Waals surface area contributed by atoms with Crippen molar-refractivity contribution in [2.24, 2.45) is 7.05 Å². The van der Waals surface area contributed by atoms with Gasteiger partial charge in [0.25, 0.3) is 4.84 Å². The maximum atomic E-state index is 12.3. The molecule has 0 aliphatic carbocycles. The lowest BCUT2D eigenvalue weighted by atomic mass is 10.0. The monoisotopic (exact) mass is 269 g/mol. The van der Waals surface area contributed by atoms with E-state index in [4.69, 9.17) is 16.6 Å². The molecule has 0 aliphatic heterocycles. The number of fused-ring (bicyclic) bond motifs is 1. The number of hydrogen-bond donors (Lipinski definition) is 0. The molecule has 94 valence electrons. The number of carbonyl (C=O) groups excluding carboxylic acids is 1. The minimum atomic E-state index is -0.0209. The van der Waals surface area contributed by atoms with Crippen LogP contribution in [0, 0.1) is 4.84 Å². The molecule has 1 heterocycles. The largest absolute Gasteiger partial charge is 0.429 e. The summed E-state index contributed by atoms with van der Waals surface area (Å²) in [6, 6.07) is 14.6. The van der Waals surface area contributed by atoms with Gasteiger partial charge in [-0.3, -0.25) is 4.79 Å². The first-order valence-electron chi connectivity index (χ1n) is 5.86. The Morgan fingerprint density at radius 2 is 1.84 bits per heavy atom. The van der Waals surface area contributed by atoms with Gasteiger partial charge in [-0.15, -0.1) is 0 Å². The standard InChI is InChI=1S/C15H11NO2S/c1-16-12-8-7-11(9-13(12)18-15(16)19)14(17)10-5-3-2-4-6-10/h2-9H,1H3. The number of rotatable bonds is 2. The molecule has 0 amide bonds. The Morgan fingerprint density at radius 1 is 1.11 bits per heavy atom. The third-order valence-electron chi connectivity index (χ3n) is 3.09. The van der Waals surface area contributed by atoms with Crippen LogP contribution < -0.4 is 0 Å². The number of ketones is 1. The molecule has 0 radical (unpaired) electrons. The molecule has 0 unspecified atom stereocenters. The van der Waals surface area contributed by atoms with Gasteiger partial charge in [0.05, 0.1) is 5.52 Å². The molecular weight excluding hydrogens is 258 g/mol. The summed E-state index contributed by atoms with van der Waals surface area (Å²) < 4.78 is 7.23. The lowest BCUT2D eigenvalue weighted by Gasteiger charge is -2.01. The summed E-state index contributed by atoms with van der Waals surface area (Å²) in [5.74, 6) is -0.0209. The van der Waals surface area contributed by atoms with Crippen LogP contribution >= 0.6 is 12.2 Å². The third-order valence-corrected chi connectivity index (χ3v) is 3.45. The van der Waals surface area contributed by atoms with Crippen molar-refractivity contribution >= 4 is 29.1 Å². The second-order valence-corrected chi connectivity index (χ2v) is 4.65. The van der Waals surface area contributed by atoms with Crippen molar-refractivity contribution in [3.8, 4) is 0 Å². The zero-order valence-corrected chi connectivity index (χ0v) is 11.1. The van der Waals surface area contributed by atoms with Gasteiger partial charge in [-0.2, -0.15) is 0 Å². The van der Waals surface area contributed by atoms with E-state index in [0.717, 1.165) is 5.52 Å². The summed E-state index contributed by atoms with van der Waals surface area (Å²) >= 11 is 5.07. The van der Waals surface area contributed by atoms with Crippen LogP contribution in [0.25, 0.3) is 11.1 Å². The fraction of sp³-hybridized carbons (Fsp3) is 0.0667. The highest BCUT2D eigenvalue weighted by Gasteiger charge is 2.11. The summed E-state index contributed by atoms with van der Waals surface area (Å²) in [5, 5.41) is 0. The van der Waals surface area contributed by atoms with E-state index in [1.54, 1.807) is 28.8 Å². The normalized spacial score (nSPS) is 10.8. The van der Waals surface area contributed by atoms with E-state index >= 15 is 0 Å². The number of aryl methyl sites for hydroxylation is 1. The molecule has 0 saturated carbocycles. The summed E-state index contributed by atoms with van der Waals surface area (Å²) in [6.07, 6.45) is 0. The van der Waals surface area contributed by atoms with Gasteiger partial charge in [-0.25, -0.2) is 0 Å². The van der Waals surface area contributed by atoms with Crippen molar-refractivity contribution in [1.29, 1.82) is 0 Å². The number of oxazole rings is 1. The van der Waals surface area contributed by atoms with Crippen LogP contribution in [-0.2, 0) is 7.05 Å². The molecule has 0 aliphatic rings. The SMILES string of the molecule is Cn1c(=S)oc2cc(C(=O)c3ccccc3)ccc21. The Morgan fingerprint density at radius 3 is 2.58 bits per heavy atom. The summed E-state index contributed by atoms with van der Waals surface area (Å²) in [6.45, 7) is 0. The van der Waals surface area contributed by atoms with Gasteiger partial charge in [-0.1, -0.05) is 30.3 Å². The fourth-order valence-corrected chi connectivity index (χ4v) is 2.22. The minimum absolute atomic E-state index is 0.0209. The Balaban J connectivity index is 2.12. The molecule has 19 heavy (non-hydrogen) atoms. The highest BCUT2D eigenvalue weighted by molar-refractivity contribution is 7.71. The predicted molar refractivity (Wildman–Crippen MR) is 75.9 cm³/mol. The number of aromatic nitrogens is 1. The molecule has 0 bridgehead atoms. The van der Waals surface area contributed by atoms with Crippen LogP contribution in [0.1, 0.15) is 15.9 Å². The lowest BCUT2D eigenvalue weighted by Crippen LogP contribution is -2.00. The predicted octanol–water partition coefficient (Wildman–Crippen LogP) is 3.73. The first-order chi connectivity index (χ1) is 9.16. The number of hydrogen-bond acceptors (Lipinski definition) is 3. The first kappa shape index (κ1) is 11.9.